The maximum absolute atomic E-state index is 13.9. The second-order valence-corrected chi connectivity index (χ2v) is 6.21. The normalized spacial score (nSPS) is 15.5. The highest BCUT2D eigenvalue weighted by atomic mass is 19.1. The Kier molecular flexibility index (Phi) is 4.07. The van der Waals surface area contributed by atoms with Gasteiger partial charge in [0.1, 0.15) is 5.82 Å². The standard InChI is InChI=1S/C19H19FN4/c20-15-12-14-6-5-9-21-19(14)16(13-15)17-7-8-18(23-22-17)24-10-3-1-2-4-11-24/h5-9,12-13H,1-4,10-11H2. The van der Waals surface area contributed by atoms with Gasteiger partial charge in [0.25, 0.3) is 0 Å². The van der Waals surface area contributed by atoms with E-state index in [9.17, 15) is 4.39 Å². The zero-order valence-corrected chi connectivity index (χ0v) is 13.5. The molecule has 1 aliphatic heterocycles. The third-order valence-corrected chi connectivity index (χ3v) is 4.53. The van der Waals surface area contributed by atoms with Gasteiger partial charge in [0.05, 0.1) is 11.2 Å². The fourth-order valence-electron chi connectivity index (χ4n) is 3.29. The van der Waals surface area contributed by atoms with Crippen molar-refractivity contribution in [3.8, 4) is 11.3 Å². The molecule has 0 bridgehead atoms. The van der Waals surface area contributed by atoms with Crippen molar-refractivity contribution in [3.63, 3.8) is 0 Å². The summed E-state index contributed by atoms with van der Waals surface area (Å²) in [7, 11) is 0. The van der Waals surface area contributed by atoms with Crippen LogP contribution in [0.3, 0.4) is 0 Å². The lowest BCUT2D eigenvalue weighted by molar-refractivity contribution is 0.630. The first-order valence-electron chi connectivity index (χ1n) is 8.44. The van der Waals surface area contributed by atoms with Crippen LogP contribution in [0.2, 0.25) is 0 Å². The van der Waals surface area contributed by atoms with Gasteiger partial charge < -0.3 is 4.90 Å². The highest BCUT2D eigenvalue weighted by Crippen LogP contribution is 2.27. The van der Waals surface area contributed by atoms with Gasteiger partial charge in [-0.1, -0.05) is 18.9 Å². The monoisotopic (exact) mass is 322 g/mol. The smallest absolute Gasteiger partial charge is 0.151 e. The van der Waals surface area contributed by atoms with Gasteiger partial charge in [-0.2, -0.15) is 0 Å². The lowest BCUT2D eigenvalue weighted by Crippen LogP contribution is -2.25. The minimum absolute atomic E-state index is 0.288. The van der Waals surface area contributed by atoms with Gasteiger partial charge in [0, 0.05) is 30.2 Å². The second-order valence-electron chi connectivity index (χ2n) is 6.21. The zero-order chi connectivity index (χ0) is 16.4. The summed E-state index contributed by atoms with van der Waals surface area (Å²) in [6, 6.07) is 10.5. The number of hydrogen-bond acceptors (Lipinski definition) is 4. The van der Waals surface area contributed by atoms with Crippen LogP contribution in [0.1, 0.15) is 25.7 Å². The maximum atomic E-state index is 13.9. The molecule has 122 valence electrons. The summed E-state index contributed by atoms with van der Waals surface area (Å²) in [6.07, 6.45) is 6.67. The molecule has 1 fully saturated rings. The molecule has 0 aliphatic carbocycles. The average Bonchev–Trinajstić information content (AvgIpc) is 2.90. The van der Waals surface area contributed by atoms with Crippen LogP contribution in [0.4, 0.5) is 10.2 Å². The van der Waals surface area contributed by atoms with Crippen LogP contribution in [-0.4, -0.2) is 28.3 Å². The molecule has 1 aromatic carbocycles. The molecule has 4 nitrogen and oxygen atoms in total. The van der Waals surface area contributed by atoms with Crippen LogP contribution in [0, 0.1) is 5.82 Å². The molecule has 4 rings (SSSR count). The van der Waals surface area contributed by atoms with E-state index in [2.05, 4.69) is 20.1 Å². The van der Waals surface area contributed by atoms with Crippen LogP contribution in [0.25, 0.3) is 22.2 Å². The van der Waals surface area contributed by atoms with E-state index < -0.39 is 0 Å². The third-order valence-electron chi connectivity index (χ3n) is 4.53. The van der Waals surface area contributed by atoms with Crippen molar-refractivity contribution in [2.24, 2.45) is 0 Å². The zero-order valence-electron chi connectivity index (χ0n) is 13.5. The Hall–Kier alpha value is -2.56. The number of nitrogens with zero attached hydrogens (tertiary/aromatic N) is 4. The molecule has 24 heavy (non-hydrogen) atoms. The van der Waals surface area contributed by atoms with E-state index in [-0.39, 0.29) is 5.82 Å². The summed E-state index contributed by atoms with van der Waals surface area (Å²) in [4.78, 5) is 6.66. The number of halogens is 1. The van der Waals surface area contributed by atoms with Crippen molar-refractivity contribution in [3.05, 3.63) is 48.4 Å². The summed E-state index contributed by atoms with van der Waals surface area (Å²) >= 11 is 0. The van der Waals surface area contributed by atoms with Gasteiger partial charge in [-0.05, 0) is 43.2 Å². The SMILES string of the molecule is Fc1cc(-c2ccc(N3CCCCCC3)nn2)c2ncccc2c1. The Morgan fingerprint density at radius 3 is 2.50 bits per heavy atom. The molecule has 3 aromatic rings. The molecule has 0 spiro atoms. The average molecular weight is 322 g/mol. The minimum Gasteiger partial charge on any atom is -0.355 e. The molecular weight excluding hydrogens is 303 g/mol. The Morgan fingerprint density at radius 2 is 1.75 bits per heavy atom. The van der Waals surface area contributed by atoms with Crippen molar-refractivity contribution >= 4 is 16.7 Å². The minimum atomic E-state index is -0.288. The van der Waals surface area contributed by atoms with Gasteiger partial charge in [-0.15, -0.1) is 10.2 Å². The van der Waals surface area contributed by atoms with Crippen molar-refractivity contribution < 1.29 is 4.39 Å². The van der Waals surface area contributed by atoms with Crippen LogP contribution in [0.5, 0.6) is 0 Å². The number of aromatic nitrogens is 3. The highest BCUT2D eigenvalue weighted by molar-refractivity contribution is 5.92. The molecule has 0 radical (unpaired) electrons. The van der Waals surface area contributed by atoms with Gasteiger partial charge in [-0.25, -0.2) is 4.39 Å². The van der Waals surface area contributed by atoms with E-state index in [1.165, 1.54) is 37.8 Å². The predicted octanol–water partition coefficient (Wildman–Crippen LogP) is 4.21. The van der Waals surface area contributed by atoms with E-state index in [1.54, 1.807) is 12.3 Å². The lowest BCUT2D eigenvalue weighted by atomic mass is 10.1. The molecule has 0 unspecified atom stereocenters. The van der Waals surface area contributed by atoms with Gasteiger partial charge >= 0.3 is 0 Å². The quantitative estimate of drug-likeness (QED) is 0.709. The Balaban J connectivity index is 1.70. The summed E-state index contributed by atoms with van der Waals surface area (Å²) < 4.78 is 13.9. The van der Waals surface area contributed by atoms with Crippen LogP contribution < -0.4 is 4.90 Å². The maximum Gasteiger partial charge on any atom is 0.151 e. The molecule has 3 heterocycles. The van der Waals surface area contributed by atoms with E-state index in [1.807, 2.05) is 18.2 Å². The van der Waals surface area contributed by atoms with Crippen molar-refractivity contribution in [2.75, 3.05) is 18.0 Å². The fraction of sp³-hybridized carbons (Fsp3) is 0.316. The number of hydrogen-bond donors (Lipinski definition) is 0. The number of rotatable bonds is 2. The molecule has 1 saturated heterocycles. The first-order chi connectivity index (χ1) is 11.8. The van der Waals surface area contributed by atoms with Crippen LogP contribution >= 0.6 is 0 Å². The molecule has 0 atom stereocenters. The molecule has 0 saturated carbocycles. The number of benzene rings is 1. The Labute approximate surface area is 140 Å². The summed E-state index contributed by atoms with van der Waals surface area (Å²) in [6.45, 7) is 2.05. The van der Waals surface area contributed by atoms with Crippen LogP contribution in [-0.2, 0) is 0 Å². The van der Waals surface area contributed by atoms with E-state index in [0.717, 1.165) is 29.8 Å². The number of fused-ring (bicyclic) bond motifs is 1. The first kappa shape index (κ1) is 15.0. The topological polar surface area (TPSA) is 41.9 Å². The molecule has 5 heteroatoms. The summed E-state index contributed by atoms with van der Waals surface area (Å²) in [5.74, 6) is 0.609. The van der Waals surface area contributed by atoms with Gasteiger partial charge in [0.15, 0.2) is 5.82 Å². The molecule has 0 amide bonds. The Bertz CT molecular complexity index is 840. The second kappa shape index (κ2) is 6.51. The predicted molar refractivity (Wildman–Crippen MR) is 93.4 cm³/mol. The van der Waals surface area contributed by atoms with E-state index >= 15 is 0 Å². The van der Waals surface area contributed by atoms with Gasteiger partial charge in [-0.3, -0.25) is 4.98 Å². The van der Waals surface area contributed by atoms with E-state index in [4.69, 9.17) is 0 Å². The van der Waals surface area contributed by atoms with Crippen molar-refractivity contribution in [2.45, 2.75) is 25.7 Å². The first-order valence-corrected chi connectivity index (χ1v) is 8.44. The summed E-state index contributed by atoms with van der Waals surface area (Å²) in [5, 5.41) is 9.50. The summed E-state index contributed by atoms with van der Waals surface area (Å²) in [5.41, 5.74) is 2.08. The molecular formula is C19H19FN4. The molecule has 2 aromatic heterocycles. The number of anilines is 1. The van der Waals surface area contributed by atoms with Crippen LogP contribution in [0.15, 0.2) is 42.6 Å². The highest BCUT2D eigenvalue weighted by Gasteiger charge is 2.13. The lowest BCUT2D eigenvalue weighted by Gasteiger charge is -2.20. The molecule has 1 aliphatic rings. The van der Waals surface area contributed by atoms with Crippen molar-refractivity contribution in [1.29, 1.82) is 0 Å². The largest absolute Gasteiger partial charge is 0.355 e. The third kappa shape index (κ3) is 2.94. The number of pyridine rings is 1. The van der Waals surface area contributed by atoms with Gasteiger partial charge in [0.2, 0.25) is 0 Å². The van der Waals surface area contributed by atoms with E-state index in [0.29, 0.717) is 11.3 Å². The molecule has 0 N–H and O–H groups in total. The van der Waals surface area contributed by atoms with Crippen molar-refractivity contribution in [1.82, 2.24) is 15.2 Å². The fourth-order valence-corrected chi connectivity index (χ4v) is 3.29. The Morgan fingerprint density at radius 1 is 0.917 bits per heavy atom.